The predicted octanol–water partition coefficient (Wildman–Crippen LogP) is 3.09. The first kappa shape index (κ1) is 13.9. The van der Waals surface area contributed by atoms with Crippen molar-refractivity contribution in [1.29, 1.82) is 0 Å². The van der Waals surface area contributed by atoms with Gasteiger partial charge in [-0.05, 0) is 0 Å². The Morgan fingerprint density at radius 2 is 1.80 bits per heavy atom. The van der Waals surface area contributed by atoms with Crippen molar-refractivity contribution in [1.82, 2.24) is 0 Å². The van der Waals surface area contributed by atoms with Crippen molar-refractivity contribution >= 4 is 36.8 Å². The number of hydrogen-bond donors (Lipinski definition) is 0. The Kier molecular flexibility index (Phi) is 3.72. The summed E-state index contributed by atoms with van der Waals surface area (Å²) in [4.78, 5) is 12.7. The van der Waals surface area contributed by atoms with Crippen LogP contribution in [0.2, 0.25) is 0 Å². The molecule has 0 radical (unpaired) electrons. The molecule has 3 rings (SSSR count). The first-order chi connectivity index (χ1) is 9.58. The van der Waals surface area contributed by atoms with Crippen LogP contribution in [0, 0.1) is 6.92 Å². The first-order valence-corrected chi connectivity index (χ1v) is 8.75. The molecule has 0 bridgehead atoms. The Morgan fingerprint density at radius 3 is 2.55 bits per heavy atom. The van der Waals surface area contributed by atoms with Crippen LogP contribution in [0.25, 0.3) is 0 Å². The van der Waals surface area contributed by atoms with Crippen LogP contribution in [-0.4, -0.2) is 24.5 Å². The third-order valence-electron chi connectivity index (χ3n) is 3.62. The molecule has 1 aliphatic rings. The number of ketones is 1. The molecule has 0 N–H and O–H groups in total. The number of fused-ring (bicyclic) bond motifs is 1. The first-order valence-electron chi connectivity index (χ1n) is 6.66. The number of carbonyl (C=O) groups is 1. The molecule has 1 atom stereocenters. The van der Waals surface area contributed by atoms with Crippen LogP contribution < -0.4 is 4.46 Å². The van der Waals surface area contributed by atoms with Crippen LogP contribution in [0.4, 0.5) is 0 Å². The van der Waals surface area contributed by atoms with Gasteiger partial charge in [-0.25, -0.2) is 0 Å². The number of carbonyl (C=O) groups excluding carboxylic acids is 1. The van der Waals surface area contributed by atoms with Crippen molar-refractivity contribution in [3.63, 3.8) is 0 Å². The predicted molar refractivity (Wildman–Crippen MR) is 84.2 cm³/mol. The fourth-order valence-corrected chi connectivity index (χ4v) is 5.33. The molecule has 0 heterocycles. The van der Waals surface area contributed by atoms with Crippen molar-refractivity contribution in [2.24, 2.45) is 0 Å². The summed E-state index contributed by atoms with van der Waals surface area (Å²) >= 11 is 6.66. The summed E-state index contributed by atoms with van der Waals surface area (Å²) in [6, 6.07) is 16.2. The second-order valence-corrected chi connectivity index (χ2v) is 9.16. The van der Waals surface area contributed by atoms with Gasteiger partial charge >= 0.3 is 130 Å². The van der Waals surface area contributed by atoms with E-state index in [0.29, 0.717) is 0 Å². The molecular formula is C17H15ClOSe. The second kappa shape index (κ2) is 5.37. The normalized spacial score (nSPS) is 21.6. The molecule has 1 unspecified atom stereocenters. The van der Waals surface area contributed by atoms with Crippen LogP contribution in [0.1, 0.15) is 27.9 Å². The van der Waals surface area contributed by atoms with Gasteiger partial charge in [0.2, 0.25) is 0 Å². The van der Waals surface area contributed by atoms with Crippen LogP contribution >= 0.6 is 11.6 Å². The molecule has 3 heteroatoms. The fraction of sp³-hybridized carbons (Fsp3) is 0.235. The zero-order valence-electron chi connectivity index (χ0n) is 11.2. The van der Waals surface area contributed by atoms with E-state index in [9.17, 15) is 4.79 Å². The van der Waals surface area contributed by atoms with Crippen LogP contribution in [-0.2, 0) is 6.42 Å². The quantitative estimate of drug-likeness (QED) is 0.601. The van der Waals surface area contributed by atoms with Gasteiger partial charge < -0.3 is 0 Å². The Labute approximate surface area is 130 Å². The van der Waals surface area contributed by atoms with Gasteiger partial charge in [0.1, 0.15) is 0 Å². The van der Waals surface area contributed by atoms with Crippen molar-refractivity contribution in [3.8, 4) is 0 Å². The zero-order valence-corrected chi connectivity index (χ0v) is 13.7. The number of benzene rings is 2. The number of hydrogen-bond acceptors (Lipinski definition) is 1. The molecular weight excluding hydrogens is 335 g/mol. The second-order valence-electron chi connectivity index (χ2n) is 5.13. The number of halogens is 1. The Hall–Kier alpha value is -1.08. The summed E-state index contributed by atoms with van der Waals surface area (Å²) < 4.78 is 0.460. The molecule has 2 aromatic rings. The molecule has 1 aliphatic carbocycles. The standard InChI is InChI=1S/C17H15ClOSe/c1-12-6-8-14(9-7-12)20-17(18)11-10-13-4-2-3-5-15(13)16(17)19/h2-9H,10-11H2,1H3. The van der Waals surface area contributed by atoms with Gasteiger partial charge in [0.05, 0.1) is 0 Å². The SMILES string of the molecule is Cc1ccc([Se]C2(Cl)CCc3ccccc3C2=O)cc1. The van der Waals surface area contributed by atoms with Crippen molar-refractivity contribution in [3.05, 3.63) is 65.2 Å². The third kappa shape index (κ3) is 2.56. The number of Topliss-reactive ketones (excluding diaryl/α,β-unsaturated/α-hetero) is 1. The van der Waals surface area contributed by atoms with E-state index in [1.54, 1.807) is 0 Å². The number of aryl methyl sites for hydroxylation is 2. The van der Waals surface area contributed by atoms with Crippen LogP contribution in [0.15, 0.2) is 48.5 Å². The number of alkyl halides is 1. The topological polar surface area (TPSA) is 17.1 Å². The Morgan fingerprint density at radius 1 is 1.10 bits per heavy atom. The van der Waals surface area contributed by atoms with E-state index in [0.717, 1.165) is 24.0 Å². The molecule has 0 saturated heterocycles. The summed E-state index contributed by atoms with van der Waals surface area (Å²) in [5, 5.41) is 0. The molecule has 0 aromatic heterocycles. The van der Waals surface area contributed by atoms with E-state index in [1.165, 1.54) is 10.0 Å². The molecule has 102 valence electrons. The van der Waals surface area contributed by atoms with Crippen molar-refractivity contribution in [2.45, 2.75) is 23.5 Å². The maximum atomic E-state index is 12.7. The van der Waals surface area contributed by atoms with Crippen molar-refractivity contribution < 1.29 is 4.79 Å². The molecule has 0 fully saturated rings. The summed E-state index contributed by atoms with van der Waals surface area (Å²) in [5.74, 6) is 0.0987. The molecule has 20 heavy (non-hydrogen) atoms. The minimum atomic E-state index is -0.726. The summed E-state index contributed by atoms with van der Waals surface area (Å²) in [7, 11) is 0. The molecule has 0 amide bonds. The summed E-state index contributed by atoms with van der Waals surface area (Å²) in [6.45, 7) is 2.06. The zero-order chi connectivity index (χ0) is 14.2. The van der Waals surface area contributed by atoms with Crippen LogP contribution in [0.5, 0.6) is 0 Å². The van der Waals surface area contributed by atoms with Gasteiger partial charge in [0, 0.05) is 0 Å². The summed E-state index contributed by atoms with van der Waals surface area (Å²) in [6.07, 6.45) is 1.62. The maximum absolute atomic E-state index is 12.7. The molecule has 2 aromatic carbocycles. The van der Waals surface area contributed by atoms with Gasteiger partial charge in [-0.2, -0.15) is 0 Å². The Balaban J connectivity index is 1.90. The number of rotatable bonds is 2. The molecule has 1 nitrogen and oxygen atoms in total. The molecule has 0 saturated carbocycles. The van der Waals surface area contributed by atoms with E-state index in [2.05, 4.69) is 31.2 Å². The van der Waals surface area contributed by atoms with Crippen molar-refractivity contribution in [2.75, 3.05) is 0 Å². The van der Waals surface area contributed by atoms with Gasteiger partial charge in [-0.15, -0.1) is 0 Å². The van der Waals surface area contributed by atoms with Gasteiger partial charge in [-0.3, -0.25) is 0 Å². The molecule has 0 aliphatic heterocycles. The van der Waals surface area contributed by atoms with Gasteiger partial charge in [0.15, 0.2) is 0 Å². The van der Waals surface area contributed by atoms with Gasteiger partial charge in [0.25, 0.3) is 0 Å². The Bertz CT molecular complexity index is 650. The van der Waals surface area contributed by atoms with E-state index in [1.807, 2.05) is 24.3 Å². The fourth-order valence-electron chi connectivity index (χ4n) is 2.46. The monoisotopic (exact) mass is 350 g/mol. The van der Waals surface area contributed by atoms with Crippen LogP contribution in [0.3, 0.4) is 0 Å². The summed E-state index contributed by atoms with van der Waals surface area (Å²) in [5.41, 5.74) is 3.17. The van der Waals surface area contributed by atoms with E-state index in [4.69, 9.17) is 11.6 Å². The average Bonchev–Trinajstić information content (AvgIpc) is 2.46. The van der Waals surface area contributed by atoms with E-state index in [-0.39, 0.29) is 20.7 Å². The minimum absolute atomic E-state index is 0.0487. The molecule has 0 spiro atoms. The van der Waals surface area contributed by atoms with E-state index >= 15 is 0 Å². The van der Waals surface area contributed by atoms with E-state index < -0.39 is 3.77 Å². The average molecular weight is 350 g/mol. The van der Waals surface area contributed by atoms with Gasteiger partial charge in [-0.1, -0.05) is 0 Å². The third-order valence-corrected chi connectivity index (χ3v) is 6.94.